The summed E-state index contributed by atoms with van der Waals surface area (Å²) in [5.74, 6) is -0.988. The van der Waals surface area contributed by atoms with Crippen LogP contribution in [-0.4, -0.2) is 33.4 Å². The molecule has 0 aliphatic carbocycles. The van der Waals surface area contributed by atoms with Crippen LogP contribution in [-0.2, 0) is 4.74 Å². The smallest absolute Gasteiger partial charge is 0.338 e. The van der Waals surface area contributed by atoms with E-state index in [-0.39, 0.29) is 17.9 Å². The maximum absolute atomic E-state index is 11.7. The second-order valence-corrected chi connectivity index (χ2v) is 4.60. The first-order valence-electron chi connectivity index (χ1n) is 6.80. The monoisotopic (exact) mass is 317 g/mol. The Kier molecular flexibility index (Phi) is 4.75. The molecule has 0 fully saturated rings. The maximum Gasteiger partial charge on any atom is 0.338 e. The first kappa shape index (κ1) is 16.2. The van der Waals surface area contributed by atoms with Gasteiger partial charge in [-0.15, -0.1) is 0 Å². The Labute approximate surface area is 130 Å². The third-order valence-electron chi connectivity index (χ3n) is 2.96. The van der Waals surface area contributed by atoms with Crippen LogP contribution in [0.5, 0.6) is 5.88 Å². The molecule has 2 aromatic rings. The minimum absolute atomic E-state index is 0.126. The van der Waals surface area contributed by atoms with E-state index in [1.54, 1.807) is 31.2 Å². The molecule has 1 aromatic carbocycles. The molecule has 8 nitrogen and oxygen atoms in total. The summed E-state index contributed by atoms with van der Waals surface area (Å²) in [6.45, 7) is 3.52. The Morgan fingerprint density at radius 3 is 2.43 bits per heavy atom. The van der Waals surface area contributed by atoms with Crippen molar-refractivity contribution in [1.29, 1.82) is 0 Å². The van der Waals surface area contributed by atoms with E-state index in [1.807, 2.05) is 4.98 Å². The predicted octanol–water partition coefficient (Wildman–Crippen LogP) is 1.09. The number of hydrogen-bond donors (Lipinski definition) is 3. The minimum atomic E-state index is -0.803. The summed E-state index contributed by atoms with van der Waals surface area (Å²) in [7, 11) is 0. The van der Waals surface area contributed by atoms with E-state index in [0.29, 0.717) is 11.3 Å². The fraction of sp³-hybridized carbons (Fsp3) is 0.200. The number of carbonyl (C=O) groups is 1. The van der Waals surface area contributed by atoms with Crippen molar-refractivity contribution < 1.29 is 14.6 Å². The van der Waals surface area contributed by atoms with Crippen molar-refractivity contribution >= 4 is 17.4 Å². The number of nitrogens with one attached hydrogen (secondary N) is 2. The number of nitrogens with zero attached hydrogens (tertiary/aromatic N) is 1. The first-order valence-corrected chi connectivity index (χ1v) is 6.80. The summed E-state index contributed by atoms with van der Waals surface area (Å²) >= 11 is 0. The molecule has 0 saturated carbocycles. The molecule has 0 amide bonds. The molecule has 120 valence electrons. The lowest BCUT2D eigenvalue weighted by Gasteiger charge is -2.04. The Morgan fingerprint density at radius 2 is 1.87 bits per heavy atom. The number of ether oxygens (including phenoxy) is 1. The molecular weight excluding hydrogens is 302 g/mol. The van der Waals surface area contributed by atoms with E-state index >= 15 is 0 Å². The zero-order valence-corrected chi connectivity index (χ0v) is 12.5. The van der Waals surface area contributed by atoms with E-state index in [1.165, 1.54) is 6.92 Å². The highest BCUT2D eigenvalue weighted by atomic mass is 16.5. The number of aromatic hydroxyl groups is 1. The molecule has 0 atom stereocenters. The van der Waals surface area contributed by atoms with Crippen molar-refractivity contribution in [2.24, 2.45) is 4.99 Å². The van der Waals surface area contributed by atoms with Gasteiger partial charge < -0.3 is 9.84 Å². The number of aliphatic imine (C=N–C) groups is 1. The highest BCUT2D eigenvalue weighted by Gasteiger charge is 2.12. The summed E-state index contributed by atoms with van der Waals surface area (Å²) in [4.78, 5) is 42.6. The molecule has 0 aliphatic heterocycles. The van der Waals surface area contributed by atoms with Gasteiger partial charge in [-0.25, -0.2) is 9.59 Å². The quantitative estimate of drug-likeness (QED) is 0.575. The van der Waals surface area contributed by atoms with Crippen LogP contribution < -0.4 is 11.2 Å². The zero-order chi connectivity index (χ0) is 17.0. The first-order chi connectivity index (χ1) is 10.9. The largest absolute Gasteiger partial charge is 0.494 e. The Morgan fingerprint density at radius 1 is 1.22 bits per heavy atom. The zero-order valence-electron chi connectivity index (χ0n) is 12.5. The van der Waals surface area contributed by atoms with Crippen LogP contribution >= 0.6 is 0 Å². The molecule has 2 rings (SSSR count). The van der Waals surface area contributed by atoms with E-state index < -0.39 is 23.1 Å². The lowest BCUT2D eigenvalue weighted by molar-refractivity contribution is 0.0526. The van der Waals surface area contributed by atoms with Crippen LogP contribution in [0, 0.1) is 0 Å². The molecule has 0 bridgehead atoms. The van der Waals surface area contributed by atoms with Crippen LogP contribution in [0.2, 0.25) is 0 Å². The summed E-state index contributed by atoms with van der Waals surface area (Å²) < 4.78 is 4.87. The van der Waals surface area contributed by atoms with Gasteiger partial charge in [0.05, 0.1) is 23.6 Å². The molecule has 8 heteroatoms. The predicted molar refractivity (Wildman–Crippen MR) is 83.6 cm³/mol. The normalized spacial score (nSPS) is 11.3. The summed E-state index contributed by atoms with van der Waals surface area (Å²) in [5.41, 5.74) is -0.602. The van der Waals surface area contributed by atoms with E-state index in [2.05, 4.69) is 9.98 Å². The molecule has 23 heavy (non-hydrogen) atoms. The second-order valence-electron chi connectivity index (χ2n) is 4.60. The number of carbonyl (C=O) groups excluding carboxylic acids is 1. The van der Waals surface area contributed by atoms with Gasteiger partial charge >= 0.3 is 11.7 Å². The van der Waals surface area contributed by atoms with Crippen molar-refractivity contribution in [3.05, 3.63) is 56.2 Å². The molecular formula is C15H15N3O5. The lowest BCUT2D eigenvalue weighted by atomic mass is 10.2. The molecule has 0 saturated heterocycles. The van der Waals surface area contributed by atoms with Gasteiger partial charge in [-0.3, -0.25) is 19.8 Å². The number of rotatable bonds is 4. The number of aromatic nitrogens is 2. The average molecular weight is 317 g/mol. The van der Waals surface area contributed by atoms with Crippen LogP contribution in [0.4, 0.5) is 5.69 Å². The van der Waals surface area contributed by atoms with Gasteiger partial charge in [0.25, 0.3) is 5.56 Å². The van der Waals surface area contributed by atoms with Crippen LogP contribution in [0.3, 0.4) is 0 Å². The molecule has 0 unspecified atom stereocenters. The topological polar surface area (TPSA) is 125 Å². The number of H-pyrrole nitrogens is 2. The fourth-order valence-corrected chi connectivity index (χ4v) is 1.95. The van der Waals surface area contributed by atoms with Crippen molar-refractivity contribution in [2.75, 3.05) is 6.61 Å². The summed E-state index contributed by atoms with van der Waals surface area (Å²) in [6.07, 6.45) is 0. The molecule has 0 aliphatic rings. The van der Waals surface area contributed by atoms with Gasteiger partial charge in [-0.2, -0.15) is 0 Å². The van der Waals surface area contributed by atoms with Crippen molar-refractivity contribution in [3.8, 4) is 5.88 Å². The summed E-state index contributed by atoms with van der Waals surface area (Å²) in [6, 6.07) is 6.24. The molecule has 1 heterocycles. The molecule has 0 spiro atoms. The second kappa shape index (κ2) is 6.73. The van der Waals surface area contributed by atoms with Crippen LogP contribution in [0.1, 0.15) is 29.8 Å². The van der Waals surface area contributed by atoms with Crippen molar-refractivity contribution in [1.82, 2.24) is 9.97 Å². The third-order valence-corrected chi connectivity index (χ3v) is 2.96. The van der Waals surface area contributed by atoms with Crippen LogP contribution in [0.25, 0.3) is 0 Å². The van der Waals surface area contributed by atoms with E-state index in [0.717, 1.165) is 0 Å². The van der Waals surface area contributed by atoms with E-state index in [4.69, 9.17) is 4.74 Å². The van der Waals surface area contributed by atoms with Gasteiger partial charge in [0, 0.05) is 0 Å². The Balaban J connectivity index is 2.34. The van der Waals surface area contributed by atoms with Gasteiger partial charge in [0.15, 0.2) is 0 Å². The molecule has 0 radical (unpaired) electrons. The SMILES string of the molecule is CCOC(=O)c1ccc(N=C(C)c2c(O)[nH]c(=O)[nH]c2=O)cc1. The van der Waals surface area contributed by atoms with E-state index in [9.17, 15) is 19.5 Å². The minimum Gasteiger partial charge on any atom is -0.494 e. The number of hydrogen-bond acceptors (Lipinski definition) is 6. The Hall–Kier alpha value is -3.16. The van der Waals surface area contributed by atoms with Gasteiger partial charge in [-0.1, -0.05) is 0 Å². The van der Waals surface area contributed by atoms with Crippen molar-refractivity contribution in [2.45, 2.75) is 13.8 Å². The highest BCUT2D eigenvalue weighted by Crippen LogP contribution is 2.17. The van der Waals surface area contributed by atoms with Gasteiger partial charge in [0.2, 0.25) is 5.88 Å². The van der Waals surface area contributed by atoms with Crippen molar-refractivity contribution in [3.63, 3.8) is 0 Å². The van der Waals surface area contributed by atoms with Gasteiger partial charge in [-0.05, 0) is 38.1 Å². The fourth-order valence-electron chi connectivity index (χ4n) is 1.95. The summed E-state index contributed by atoms with van der Waals surface area (Å²) in [5, 5.41) is 9.68. The highest BCUT2D eigenvalue weighted by molar-refractivity contribution is 6.01. The standard InChI is InChI=1S/C15H15N3O5/c1-3-23-14(21)9-4-6-10(7-5-9)16-8(2)11-12(19)17-15(22)18-13(11)20/h4-7H,3H2,1-2H3,(H3,17,18,19,20,22). The Bertz CT molecular complexity index is 862. The average Bonchev–Trinajstić information content (AvgIpc) is 2.47. The lowest BCUT2D eigenvalue weighted by Crippen LogP contribution is -2.27. The number of benzene rings is 1. The van der Waals surface area contributed by atoms with Gasteiger partial charge in [0.1, 0.15) is 5.56 Å². The third kappa shape index (κ3) is 3.73. The van der Waals surface area contributed by atoms with Crippen LogP contribution in [0.15, 0.2) is 38.8 Å². The molecule has 3 N–H and O–H groups in total. The molecule has 1 aromatic heterocycles. The number of aromatic amines is 2. The maximum atomic E-state index is 11.7. The number of esters is 1.